The Morgan fingerprint density at radius 2 is 2.02 bits per heavy atom. The molecule has 9 heteroatoms. The van der Waals surface area contributed by atoms with E-state index in [9.17, 15) is 15.0 Å². The molecule has 4 aliphatic carbocycles. The van der Waals surface area contributed by atoms with Gasteiger partial charge in [-0.1, -0.05) is 42.8 Å². The topological polar surface area (TPSA) is 97.6 Å². The molecule has 4 fully saturated rings. The number of oxime groups is 1. The Morgan fingerprint density at radius 1 is 1.24 bits per heavy atom. The number of aliphatic hydroxyl groups excluding tert-OH is 2. The lowest BCUT2D eigenvalue weighted by Gasteiger charge is -2.60. The number of aliphatic hydroxyl groups is 2. The van der Waals surface area contributed by atoms with Gasteiger partial charge in [-0.3, -0.25) is 4.79 Å². The molecule has 0 bridgehead atoms. The number of carbonyl (C=O) groups excluding carboxylic acids is 1. The van der Waals surface area contributed by atoms with Crippen LogP contribution >= 0.6 is 11.8 Å². The highest BCUT2D eigenvalue weighted by Crippen LogP contribution is 2.70. The van der Waals surface area contributed by atoms with Crippen LogP contribution in [0.25, 0.3) is 0 Å². The van der Waals surface area contributed by atoms with Gasteiger partial charge in [-0.2, -0.15) is 0 Å². The Balaban J connectivity index is 1.21. The highest BCUT2D eigenvalue weighted by Gasteiger charge is 2.77. The van der Waals surface area contributed by atoms with Gasteiger partial charge >= 0.3 is 0 Å². The lowest BCUT2D eigenvalue weighted by Crippen LogP contribution is -2.64. The fourth-order valence-corrected chi connectivity index (χ4v) is 9.97. The van der Waals surface area contributed by atoms with Gasteiger partial charge < -0.3 is 24.5 Å². The molecule has 42 heavy (non-hydrogen) atoms. The average Bonchev–Trinajstić information content (AvgIpc) is 3.33. The summed E-state index contributed by atoms with van der Waals surface area (Å²) in [5, 5.41) is 26.1. The third-order valence-electron chi connectivity index (χ3n) is 10.6. The second-order valence-electron chi connectivity index (χ2n) is 13.6. The molecule has 1 aromatic carbocycles. The van der Waals surface area contributed by atoms with Gasteiger partial charge in [0, 0.05) is 27.4 Å². The fourth-order valence-electron chi connectivity index (χ4n) is 9.14. The van der Waals surface area contributed by atoms with Gasteiger partial charge in [-0.15, -0.1) is 11.8 Å². The van der Waals surface area contributed by atoms with Gasteiger partial charge in [0.2, 0.25) is 0 Å². The van der Waals surface area contributed by atoms with E-state index in [2.05, 4.69) is 30.3 Å². The molecule has 0 unspecified atom stereocenters. The minimum Gasteiger partial charge on any atom is -0.394 e. The summed E-state index contributed by atoms with van der Waals surface area (Å²) in [5.74, 6) is -1.23. The van der Waals surface area contributed by atoms with Crippen molar-refractivity contribution in [1.29, 1.82) is 0 Å². The van der Waals surface area contributed by atoms with E-state index in [1.807, 2.05) is 32.1 Å². The van der Waals surface area contributed by atoms with Crippen LogP contribution < -0.4 is 0 Å². The zero-order chi connectivity index (χ0) is 30.1. The summed E-state index contributed by atoms with van der Waals surface area (Å²) in [6.45, 7) is 9.33. The Labute approximate surface area is 251 Å². The van der Waals surface area contributed by atoms with Crippen molar-refractivity contribution in [3.8, 4) is 0 Å². The summed E-state index contributed by atoms with van der Waals surface area (Å²) in [4.78, 5) is 20.2. The van der Waals surface area contributed by atoms with Crippen molar-refractivity contribution >= 4 is 23.3 Å². The van der Waals surface area contributed by atoms with E-state index in [0.29, 0.717) is 30.7 Å². The van der Waals surface area contributed by atoms with Gasteiger partial charge in [0.15, 0.2) is 17.2 Å². The highest BCUT2D eigenvalue weighted by molar-refractivity contribution is 7.99. The normalized spacial score (nSPS) is 42.4. The maximum Gasteiger partial charge on any atom is 0.193 e. The van der Waals surface area contributed by atoms with Crippen molar-refractivity contribution in [3.63, 3.8) is 0 Å². The molecule has 2 N–H and O–H groups in total. The number of aryl methyl sites for hydroxylation is 1. The molecular formula is C33H42FNO6S. The number of ether oxygens (including phenoxy) is 2. The van der Waals surface area contributed by atoms with Crippen LogP contribution in [0.4, 0.5) is 4.39 Å². The van der Waals surface area contributed by atoms with E-state index in [4.69, 9.17) is 14.3 Å². The number of alkyl halides is 1. The summed E-state index contributed by atoms with van der Waals surface area (Å²) in [6.07, 6.45) is 4.08. The van der Waals surface area contributed by atoms with Crippen molar-refractivity contribution in [2.45, 2.75) is 88.5 Å². The number of allylic oxidation sites excluding steroid dienone is 4. The molecule has 5 aliphatic rings. The maximum atomic E-state index is 16.2. The Bertz CT molecular complexity index is 1350. The molecule has 0 amide bonds. The number of thioether (sulfide) groups is 1. The number of ketones is 1. The molecule has 0 spiro atoms. The lowest BCUT2D eigenvalue weighted by molar-refractivity contribution is -0.226. The van der Waals surface area contributed by atoms with Gasteiger partial charge in [-0.25, -0.2) is 4.39 Å². The molecule has 9 atom stereocenters. The van der Waals surface area contributed by atoms with Gasteiger partial charge in [0.05, 0.1) is 12.2 Å². The standard InChI is InChI=1S/C33H42FNO6S/c1-19-7-6-8-21(13-19)42-12-11-39-35-20-9-10-31(4)24(14-20)25(34)15-22-23-16-28-33(27(38)18-36,41-30(2,3)40-28)32(23,5)17-26(37)29(22)31/h6-10,13-14,22-23,25-26,28-29,36-37H,11-12,15-18H2,1-5H3/b35-20+/t22-,23-,25-,26-,28+,29+,31-,32-,33+/m0/s1. The van der Waals surface area contributed by atoms with E-state index in [0.717, 1.165) is 5.75 Å². The SMILES string of the molecule is Cc1cccc(SCCO/N=C2\C=C[C@@]3(C)C(=C2)[C@@H](F)C[C@@H]2[C@@H]3[C@@H](O)C[C@@]3(C)[C@H]2C[C@H]2OC(C)(C)O[C@]23C(=O)CO)c1. The second kappa shape index (κ2) is 10.5. The monoisotopic (exact) mass is 599 g/mol. The van der Waals surface area contributed by atoms with Gasteiger partial charge in [0.25, 0.3) is 0 Å². The number of rotatable bonds is 7. The molecule has 1 aromatic rings. The van der Waals surface area contributed by atoms with Crippen LogP contribution in [-0.4, -0.2) is 70.4 Å². The minimum atomic E-state index is -1.37. The molecule has 6 rings (SSSR count). The van der Waals surface area contributed by atoms with E-state index >= 15 is 4.39 Å². The maximum absolute atomic E-state index is 16.2. The van der Waals surface area contributed by atoms with Crippen molar-refractivity contribution in [3.05, 3.63) is 53.6 Å². The first kappa shape index (κ1) is 30.0. The number of nitrogens with zero attached hydrogens (tertiary/aromatic N) is 1. The molecular weight excluding hydrogens is 557 g/mol. The quantitative estimate of drug-likeness (QED) is 0.253. The largest absolute Gasteiger partial charge is 0.394 e. The van der Waals surface area contributed by atoms with Crippen molar-refractivity contribution in [1.82, 2.24) is 0 Å². The third-order valence-corrected chi connectivity index (χ3v) is 11.6. The number of Topliss-reactive ketones (excluding diaryl/α,β-unsaturated/α-hetero) is 1. The predicted octanol–water partition coefficient (Wildman–Crippen LogP) is 5.18. The number of halogens is 1. The first-order chi connectivity index (χ1) is 19.8. The molecule has 1 saturated heterocycles. The molecule has 1 heterocycles. The zero-order valence-corrected chi connectivity index (χ0v) is 25.8. The lowest BCUT2D eigenvalue weighted by atomic mass is 9.46. The van der Waals surface area contributed by atoms with Crippen molar-refractivity contribution in [2.75, 3.05) is 19.0 Å². The minimum absolute atomic E-state index is 0.114. The van der Waals surface area contributed by atoms with Crippen LogP contribution in [0.3, 0.4) is 0 Å². The van der Waals surface area contributed by atoms with Crippen molar-refractivity contribution in [2.24, 2.45) is 33.7 Å². The number of carbonyl (C=O) groups is 1. The summed E-state index contributed by atoms with van der Waals surface area (Å²) < 4.78 is 28.8. The van der Waals surface area contributed by atoms with Gasteiger partial charge in [-0.05, 0) is 81.7 Å². The third kappa shape index (κ3) is 4.53. The van der Waals surface area contributed by atoms with Gasteiger partial charge in [0.1, 0.15) is 25.1 Å². The van der Waals surface area contributed by atoms with Crippen LogP contribution in [0.15, 0.2) is 58.1 Å². The number of fused-ring (bicyclic) bond motifs is 7. The number of benzene rings is 1. The first-order valence-electron chi connectivity index (χ1n) is 15.0. The van der Waals surface area contributed by atoms with Crippen LogP contribution in [0.2, 0.25) is 0 Å². The summed E-state index contributed by atoms with van der Waals surface area (Å²) in [5.41, 5.74) is -0.508. The van der Waals surface area contributed by atoms with Crippen molar-refractivity contribution < 1.29 is 33.7 Å². The van der Waals surface area contributed by atoms with Crippen LogP contribution in [0, 0.1) is 35.5 Å². The highest BCUT2D eigenvalue weighted by atomic mass is 32.2. The van der Waals surface area contributed by atoms with E-state index in [1.165, 1.54) is 10.5 Å². The van der Waals surface area contributed by atoms with Crippen LogP contribution in [0.1, 0.15) is 52.5 Å². The molecule has 1 aliphatic heterocycles. The Morgan fingerprint density at radius 3 is 2.76 bits per heavy atom. The first-order valence-corrected chi connectivity index (χ1v) is 16.0. The molecule has 0 radical (unpaired) electrons. The molecule has 0 aromatic heterocycles. The summed E-state index contributed by atoms with van der Waals surface area (Å²) in [7, 11) is 0. The average molecular weight is 600 g/mol. The summed E-state index contributed by atoms with van der Waals surface area (Å²) in [6, 6.07) is 8.31. The fraction of sp³-hybridized carbons (Fsp3) is 0.636. The second-order valence-corrected chi connectivity index (χ2v) is 14.7. The van der Waals surface area contributed by atoms with E-state index in [-0.39, 0.29) is 24.2 Å². The molecule has 3 saturated carbocycles. The van der Waals surface area contributed by atoms with E-state index in [1.54, 1.807) is 31.7 Å². The predicted molar refractivity (Wildman–Crippen MR) is 159 cm³/mol. The zero-order valence-electron chi connectivity index (χ0n) is 25.0. The number of hydrogen-bond acceptors (Lipinski definition) is 8. The smallest absolute Gasteiger partial charge is 0.193 e. The van der Waals surface area contributed by atoms with Crippen LogP contribution in [0.5, 0.6) is 0 Å². The van der Waals surface area contributed by atoms with Crippen LogP contribution in [-0.2, 0) is 19.1 Å². The number of hydrogen-bond donors (Lipinski definition) is 2. The molecule has 7 nitrogen and oxygen atoms in total. The molecule has 228 valence electrons. The summed E-state index contributed by atoms with van der Waals surface area (Å²) >= 11 is 1.70. The Hall–Kier alpha value is -2.04. The van der Waals surface area contributed by atoms with E-state index < -0.39 is 53.0 Å². The Kier molecular flexibility index (Phi) is 7.53.